The molecule has 0 N–H and O–H groups in total. The zero-order valence-corrected chi connectivity index (χ0v) is 17.7. The lowest BCUT2D eigenvalue weighted by atomic mass is 10.0. The first-order valence-electron chi connectivity index (χ1n) is 10.1. The molecule has 1 aromatic carbocycles. The number of likely N-dealkylation sites (tertiary alicyclic amines) is 1. The molecule has 1 fully saturated rings. The summed E-state index contributed by atoms with van der Waals surface area (Å²) < 4.78 is 7.36. The molecule has 0 saturated carbocycles. The van der Waals surface area contributed by atoms with Crippen LogP contribution in [0.2, 0.25) is 0 Å². The lowest BCUT2D eigenvalue weighted by Gasteiger charge is -2.33. The van der Waals surface area contributed by atoms with Crippen molar-refractivity contribution in [3.05, 3.63) is 41.7 Å². The molecule has 152 valence electrons. The monoisotopic (exact) mass is 402 g/mol. The molecule has 0 spiro atoms. The van der Waals surface area contributed by atoms with Crippen molar-refractivity contribution >= 4 is 17.7 Å². The van der Waals surface area contributed by atoms with Crippen LogP contribution in [0.4, 0.5) is 0 Å². The van der Waals surface area contributed by atoms with E-state index >= 15 is 0 Å². The number of aromatic nitrogens is 3. The van der Waals surface area contributed by atoms with Gasteiger partial charge in [0.2, 0.25) is 5.91 Å². The van der Waals surface area contributed by atoms with Crippen LogP contribution in [0.5, 0.6) is 0 Å². The molecular weight excluding hydrogens is 372 g/mol. The van der Waals surface area contributed by atoms with Crippen molar-refractivity contribution in [2.45, 2.75) is 56.8 Å². The van der Waals surface area contributed by atoms with Crippen molar-refractivity contribution in [3.63, 3.8) is 0 Å². The predicted octanol–water partition coefficient (Wildman–Crippen LogP) is 3.20. The first-order valence-corrected chi connectivity index (χ1v) is 11.0. The topological polar surface area (TPSA) is 60.2 Å². The molecule has 28 heavy (non-hydrogen) atoms. The van der Waals surface area contributed by atoms with E-state index in [0.717, 1.165) is 43.2 Å². The van der Waals surface area contributed by atoms with Gasteiger partial charge >= 0.3 is 0 Å². The molecular formula is C21H30N4O2S. The number of methoxy groups -OCH3 is 1. The average molecular weight is 403 g/mol. The minimum absolute atomic E-state index is 0.198. The fourth-order valence-electron chi connectivity index (χ4n) is 3.60. The number of carbonyl (C=O) groups is 1. The lowest BCUT2D eigenvalue weighted by Crippen LogP contribution is -2.43. The number of piperidine rings is 1. The molecule has 1 aliphatic heterocycles. The summed E-state index contributed by atoms with van der Waals surface area (Å²) in [6.45, 7) is 4.31. The van der Waals surface area contributed by atoms with Crippen LogP contribution in [0.1, 0.15) is 37.6 Å². The van der Waals surface area contributed by atoms with Crippen LogP contribution >= 0.6 is 11.8 Å². The predicted molar refractivity (Wildman–Crippen MR) is 111 cm³/mol. The van der Waals surface area contributed by atoms with Crippen molar-refractivity contribution in [2.75, 3.05) is 26.0 Å². The Bertz CT molecular complexity index is 750. The number of nitrogens with zero attached hydrogens (tertiary/aromatic N) is 4. The maximum atomic E-state index is 12.6. The Hall–Kier alpha value is -1.86. The van der Waals surface area contributed by atoms with Gasteiger partial charge in [0.1, 0.15) is 5.82 Å². The zero-order chi connectivity index (χ0) is 19.8. The molecule has 2 heterocycles. The summed E-state index contributed by atoms with van der Waals surface area (Å²) in [5, 5.41) is 9.57. The number of ether oxygens (including phenoxy) is 1. The third-order valence-electron chi connectivity index (χ3n) is 5.24. The van der Waals surface area contributed by atoms with Gasteiger partial charge in [-0.05, 0) is 38.2 Å². The highest BCUT2D eigenvalue weighted by Crippen LogP contribution is 2.22. The van der Waals surface area contributed by atoms with Gasteiger partial charge in [0, 0.05) is 32.7 Å². The molecule has 0 radical (unpaired) electrons. The van der Waals surface area contributed by atoms with E-state index in [1.54, 1.807) is 7.11 Å². The molecule has 1 amide bonds. The van der Waals surface area contributed by atoms with Gasteiger partial charge in [-0.2, -0.15) is 0 Å². The molecule has 1 unspecified atom stereocenters. The highest BCUT2D eigenvalue weighted by molar-refractivity contribution is 7.99. The van der Waals surface area contributed by atoms with E-state index in [4.69, 9.17) is 4.74 Å². The van der Waals surface area contributed by atoms with Gasteiger partial charge in [-0.3, -0.25) is 4.79 Å². The zero-order valence-electron chi connectivity index (χ0n) is 16.8. The molecule has 7 heteroatoms. The number of hydrogen-bond donors (Lipinski definition) is 0. The van der Waals surface area contributed by atoms with Crippen LogP contribution in [0.15, 0.2) is 35.5 Å². The van der Waals surface area contributed by atoms with Crippen molar-refractivity contribution in [2.24, 2.45) is 0 Å². The van der Waals surface area contributed by atoms with Crippen molar-refractivity contribution in [1.29, 1.82) is 0 Å². The van der Waals surface area contributed by atoms with Gasteiger partial charge in [-0.25, -0.2) is 0 Å². The maximum absolute atomic E-state index is 12.6. The standard InChI is InChI=1S/C21H30N4O2S/c1-17-8-6-7-13-24(17)20(26)16-28-21-23-22-19(25(21)14-15-27-2)12-11-18-9-4-3-5-10-18/h3-5,9-10,17H,6-8,11-16H2,1-2H3. The first kappa shape index (κ1) is 20.9. The van der Waals surface area contributed by atoms with E-state index in [0.29, 0.717) is 24.9 Å². The Kier molecular flexibility index (Phi) is 7.91. The van der Waals surface area contributed by atoms with Crippen molar-refractivity contribution < 1.29 is 9.53 Å². The Morgan fingerprint density at radius 1 is 1.21 bits per heavy atom. The number of aryl methyl sites for hydroxylation is 2. The second-order valence-corrected chi connectivity index (χ2v) is 8.19. The number of amides is 1. The first-order chi connectivity index (χ1) is 13.7. The second kappa shape index (κ2) is 10.6. The molecule has 1 atom stereocenters. The van der Waals surface area contributed by atoms with Crippen LogP contribution < -0.4 is 0 Å². The average Bonchev–Trinajstić information content (AvgIpc) is 3.11. The van der Waals surface area contributed by atoms with Crippen LogP contribution in [0.3, 0.4) is 0 Å². The maximum Gasteiger partial charge on any atom is 0.233 e. The van der Waals surface area contributed by atoms with E-state index in [1.165, 1.54) is 23.7 Å². The third-order valence-corrected chi connectivity index (χ3v) is 6.19. The smallest absolute Gasteiger partial charge is 0.233 e. The SMILES string of the molecule is COCCn1c(CCc2ccccc2)nnc1SCC(=O)N1CCCCC1C. The highest BCUT2D eigenvalue weighted by atomic mass is 32.2. The minimum atomic E-state index is 0.198. The largest absolute Gasteiger partial charge is 0.383 e. The Morgan fingerprint density at radius 3 is 2.79 bits per heavy atom. The quantitative estimate of drug-likeness (QED) is 0.603. The van der Waals surface area contributed by atoms with E-state index in [9.17, 15) is 4.79 Å². The van der Waals surface area contributed by atoms with Crippen molar-refractivity contribution in [3.8, 4) is 0 Å². The van der Waals surface area contributed by atoms with Crippen LogP contribution in [0, 0.1) is 0 Å². The molecule has 1 aliphatic rings. The summed E-state index contributed by atoms with van der Waals surface area (Å²) in [5.74, 6) is 1.56. The van der Waals surface area contributed by atoms with Gasteiger partial charge < -0.3 is 14.2 Å². The molecule has 3 rings (SSSR count). The summed E-state index contributed by atoms with van der Waals surface area (Å²) in [6.07, 6.45) is 5.16. The molecule has 2 aromatic rings. The summed E-state index contributed by atoms with van der Waals surface area (Å²) in [6, 6.07) is 10.7. The van der Waals surface area contributed by atoms with E-state index < -0.39 is 0 Å². The van der Waals surface area contributed by atoms with Crippen LogP contribution in [0.25, 0.3) is 0 Å². The minimum Gasteiger partial charge on any atom is -0.383 e. The number of rotatable bonds is 9. The fraction of sp³-hybridized carbons (Fsp3) is 0.571. The summed E-state index contributed by atoms with van der Waals surface area (Å²) in [4.78, 5) is 14.7. The third kappa shape index (κ3) is 5.58. The Balaban J connectivity index is 1.62. The van der Waals surface area contributed by atoms with Gasteiger partial charge in [0.05, 0.1) is 12.4 Å². The van der Waals surface area contributed by atoms with Crippen LogP contribution in [-0.4, -0.2) is 57.6 Å². The summed E-state index contributed by atoms with van der Waals surface area (Å²) in [5.41, 5.74) is 1.28. The van der Waals surface area contributed by atoms with Gasteiger partial charge in [-0.15, -0.1) is 10.2 Å². The van der Waals surface area contributed by atoms with Gasteiger partial charge in [-0.1, -0.05) is 42.1 Å². The van der Waals surface area contributed by atoms with E-state index in [-0.39, 0.29) is 5.91 Å². The van der Waals surface area contributed by atoms with E-state index in [2.05, 4.69) is 46.0 Å². The lowest BCUT2D eigenvalue weighted by molar-refractivity contribution is -0.131. The normalized spacial score (nSPS) is 17.1. The number of carbonyl (C=O) groups excluding carboxylic acids is 1. The number of hydrogen-bond acceptors (Lipinski definition) is 5. The van der Waals surface area contributed by atoms with Gasteiger partial charge in [0.25, 0.3) is 0 Å². The summed E-state index contributed by atoms with van der Waals surface area (Å²) >= 11 is 1.49. The number of benzene rings is 1. The Morgan fingerprint density at radius 2 is 2.04 bits per heavy atom. The highest BCUT2D eigenvalue weighted by Gasteiger charge is 2.24. The van der Waals surface area contributed by atoms with Crippen molar-refractivity contribution in [1.82, 2.24) is 19.7 Å². The molecule has 6 nitrogen and oxygen atoms in total. The van der Waals surface area contributed by atoms with E-state index in [1.807, 2.05) is 11.0 Å². The summed E-state index contributed by atoms with van der Waals surface area (Å²) in [7, 11) is 1.70. The van der Waals surface area contributed by atoms with Gasteiger partial charge in [0.15, 0.2) is 5.16 Å². The molecule has 0 bridgehead atoms. The molecule has 1 aromatic heterocycles. The second-order valence-electron chi connectivity index (χ2n) is 7.25. The Labute approximate surface area is 171 Å². The fourth-order valence-corrected chi connectivity index (χ4v) is 4.47. The number of thioether (sulfide) groups is 1. The molecule has 0 aliphatic carbocycles. The van der Waals surface area contributed by atoms with Crippen LogP contribution in [-0.2, 0) is 28.9 Å². The molecule has 1 saturated heterocycles.